The Morgan fingerprint density at radius 2 is 2.08 bits per heavy atom. The third-order valence-electron chi connectivity index (χ3n) is 6.12. The molecule has 3 aliphatic rings. The first-order valence-corrected chi connectivity index (χ1v) is 8.73. The molecule has 3 aliphatic heterocycles. The topological polar surface area (TPSA) is 47.9 Å². The van der Waals surface area contributed by atoms with E-state index in [9.17, 15) is 5.11 Å². The number of hydrogen-bond donors (Lipinski definition) is 1. The van der Waals surface area contributed by atoms with Gasteiger partial charge in [-0.05, 0) is 29.3 Å². The molecular formula is C20H22NO4+. The third-order valence-corrected chi connectivity index (χ3v) is 6.12. The molecule has 2 aromatic rings. The quantitative estimate of drug-likeness (QED) is 0.811. The number of phenolic OH excluding ortho intramolecular Hbond substituents is 1. The van der Waals surface area contributed by atoms with Gasteiger partial charge < -0.3 is 23.8 Å². The van der Waals surface area contributed by atoms with E-state index in [1.807, 2.05) is 18.2 Å². The summed E-state index contributed by atoms with van der Waals surface area (Å²) in [6, 6.07) is 8.48. The Kier molecular flexibility index (Phi) is 3.01. The second-order valence-corrected chi connectivity index (χ2v) is 7.49. The van der Waals surface area contributed by atoms with E-state index in [-0.39, 0.29) is 5.75 Å². The highest BCUT2D eigenvalue weighted by Gasteiger charge is 2.45. The molecule has 0 aliphatic carbocycles. The van der Waals surface area contributed by atoms with Gasteiger partial charge in [0.2, 0.25) is 6.79 Å². The van der Waals surface area contributed by atoms with Crippen molar-refractivity contribution in [1.29, 1.82) is 0 Å². The zero-order valence-corrected chi connectivity index (χ0v) is 14.5. The van der Waals surface area contributed by atoms with Crippen LogP contribution in [-0.4, -0.2) is 37.1 Å². The van der Waals surface area contributed by atoms with E-state index in [1.54, 1.807) is 7.11 Å². The van der Waals surface area contributed by atoms with Crippen LogP contribution in [0.4, 0.5) is 0 Å². The van der Waals surface area contributed by atoms with Crippen molar-refractivity contribution < 1.29 is 23.8 Å². The van der Waals surface area contributed by atoms with Gasteiger partial charge in [-0.1, -0.05) is 6.07 Å². The molecule has 0 saturated heterocycles. The SMILES string of the molecule is COc1cc2c(cc1O)CC[N+]1(C)Cc3c(ccc4c3OCO4)CC21. The Labute approximate surface area is 146 Å². The van der Waals surface area contributed by atoms with Crippen molar-refractivity contribution in [3.63, 3.8) is 0 Å². The van der Waals surface area contributed by atoms with Crippen molar-refractivity contribution in [2.24, 2.45) is 0 Å². The van der Waals surface area contributed by atoms with Crippen LogP contribution in [0.25, 0.3) is 0 Å². The van der Waals surface area contributed by atoms with Gasteiger partial charge in [-0.3, -0.25) is 0 Å². The fourth-order valence-corrected chi connectivity index (χ4v) is 4.71. The monoisotopic (exact) mass is 340 g/mol. The van der Waals surface area contributed by atoms with Crippen molar-refractivity contribution in [2.75, 3.05) is 27.5 Å². The molecule has 5 rings (SSSR count). The van der Waals surface area contributed by atoms with E-state index in [0.29, 0.717) is 18.6 Å². The van der Waals surface area contributed by atoms with Crippen molar-refractivity contribution >= 4 is 0 Å². The Hall–Kier alpha value is -2.40. The maximum atomic E-state index is 10.1. The summed E-state index contributed by atoms with van der Waals surface area (Å²) in [6.45, 7) is 2.31. The Bertz CT molecular complexity index is 878. The van der Waals surface area contributed by atoms with E-state index in [0.717, 1.165) is 41.9 Å². The first-order chi connectivity index (χ1) is 12.1. The number of likely N-dealkylation sites (N-methyl/N-ethyl adjacent to an activating group) is 1. The fraction of sp³-hybridized carbons (Fsp3) is 0.400. The molecular weight excluding hydrogens is 318 g/mol. The van der Waals surface area contributed by atoms with Gasteiger partial charge >= 0.3 is 0 Å². The summed E-state index contributed by atoms with van der Waals surface area (Å²) in [5, 5.41) is 10.1. The number of ether oxygens (including phenoxy) is 3. The summed E-state index contributed by atoms with van der Waals surface area (Å²) >= 11 is 0. The molecule has 0 fully saturated rings. The Balaban J connectivity index is 1.63. The summed E-state index contributed by atoms with van der Waals surface area (Å²) < 4.78 is 17.6. The number of hydrogen-bond acceptors (Lipinski definition) is 4. The van der Waals surface area contributed by atoms with Gasteiger partial charge in [-0.25, -0.2) is 0 Å². The van der Waals surface area contributed by atoms with E-state index in [1.165, 1.54) is 22.3 Å². The second kappa shape index (κ2) is 5.05. The average Bonchev–Trinajstić information content (AvgIpc) is 3.09. The number of methoxy groups -OCH3 is 1. The fourth-order valence-electron chi connectivity index (χ4n) is 4.71. The van der Waals surface area contributed by atoms with Gasteiger partial charge in [0.1, 0.15) is 12.6 Å². The number of aromatic hydroxyl groups is 1. The minimum absolute atomic E-state index is 0.233. The van der Waals surface area contributed by atoms with Gasteiger partial charge in [0.15, 0.2) is 23.0 Å². The van der Waals surface area contributed by atoms with Gasteiger partial charge in [0.05, 0.1) is 26.3 Å². The van der Waals surface area contributed by atoms with Crippen LogP contribution in [0.1, 0.15) is 28.3 Å². The summed E-state index contributed by atoms with van der Waals surface area (Å²) in [5.74, 6) is 2.60. The van der Waals surface area contributed by atoms with Gasteiger partial charge in [0, 0.05) is 18.4 Å². The minimum atomic E-state index is 0.233. The predicted molar refractivity (Wildman–Crippen MR) is 92.1 cm³/mol. The van der Waals surface area contributed by atoms with Crippen LogP contribution >= 0.6 is 0 Å². The number of phenols is 1. The van der Waals surface area contributed by atoms with Crippen LogP contribution in [0, 0.1) is 0 Å². The Morgan fingerprint density at radius 3 is 2.92 bits per heavy atom. The van der Waals surface area contributed by atoms with E-state index in [2.05, 4.69) is 13.1 Å². The molecule has 2 unspecified atom stereocenters. The van der Waals surface area contributed by atoms with Crippen LogP contribution in [0.2, 0.25) is 0 Å². The molecule has 130 valence electrons. The molecule has 25 heavy (non-hydrogen) atoms. The first kappa shape index (κ1) is 14.9. The zero-order chi connectivity index (χ0) is 17.2. The molecule has 2 atom stereocenters. The van der Waals surface area contributed by atoms with Crippen LogP contribution in [0.5, 0.6) is 23.0 Å². The molecule has 0 bridgehead atoms. The number of benzene rings is 2. The highest BCUT2D eigenvalue weighted by atomic mass is 16.7. The average molecular weight is 340 g/mol. The molecule has 0 radical (unpaired) electrons. The predicted octanol–water partition coefficient (Wildman–Crippen LogP) is 2.93. The second-order valence-electron chi connectivity index (χ2n) is 7.49. The molecule has 2 aromatic carbocycles. The molecule has 0 amide bonds. The summed E-state index contributed by atoms with van der Waals surface area (Å²) in [7, 11) is 3.93. The maximum Gasteiger partial charge on any atom is 0.231 e. The van der Waals surface area contributed by atoms with Crippen molar-refractivity contribution in [3.05, 3.63) is 46.5 Å². The normalized spacial score (nSPS) is 25.8. The standard InChI is InChI=1S/C20H21NO4/c1-21-6-5-13-8-17(22)19(23-2)9-14(13)16(21)7-12-3-4-18-20(15(12)10-21)25-11-24-18/h3-4,8-9,16H,5-7,10-11H2,1-2H3/p+1. The smallest absolute Gasteiger partial charge is 0.231 e. The number of rotatable bonds is 1. The Morgan fingerprint density at radius 1 is 1.20 bits per heavy atom. The molecule has 1 N–H and O–H groups in total. The van der Waals surface area contributed by atoms with E-state index in [4.69, 9.17) is 14.2 Å². The highest BCUT2D eigenvalue weighted by Crippen LogP contribution is 2.49. The van der Waals surface area contributed by atoms with Crippen molar-refractivity contribution in [2.45, 2.75) is 25.4 Å². The largest absolute Gasteiger partial charge is 0.504 e. The third kappa shape index (κ3) is 2.05. The van der Waals surface area contributed by atoms with Crippen LogP contribution in [-0.2, 0) is 19.4 Å². The van der Waals surface area contributed by atoms with Crippen LogP contribution in [0.15, 0.2) is 24.3 Å². The van der Waals surface area contributed by atoms with Crippen LogP contribution < -0.4 is 14.2 Å². The minimum Gasteiger partial charge on any atom is -0.504 e. The lowest BCUT2D eigenvalue weighted by molar-refractivity contribution is -0.956. The lowest BCUT2D eigenvalue weighted by Gasteiger charge is -2.49. The highest BCUT2D eigenvalue weighted by molar-refractivity contribution is 5.54. The number of quaternary nitrogens is 1. The summed E-state index contributed by atoms with van der Waals surface area (Å²) in [5.41, 5.74) is 5.17. The molecule has 5 nitrogen and oxygen atoms in total. The van der Waals surface area contributed by atoms with Crippen molar-refractivity contribution in [1.82, 2.24) is 0 Å². The number of nitrogens with zero attached hydrogens (tertiary/aromatic N) is 1. The number of fused-ring (bicyclic) bond motifs is 6. The van der Waals surface area contributed by atoms with E-state index >= 15 is 0 Å². The van der Waals surface area contributed by atoms with Gasteiger partial charge in [-0.2, -0.15) is 0 Å². The molecule has 3 heterocycles. The lowest BCUT2D eigenvalue weighted by Crippen LogP contribution is -2.53. The zero-order valence-electron chi connectivity index (χ0n) is 14.5. The summed E-state index contributed by atoms with van der Waals surface area (Å²) in [6.07, 6.45) is 1.92. The van der Waals surface area contributed by atoms with E-state index < -0.39 is 0 Å². The molecule has 0 saturated carbocycles. The summed E-state index contributed by atoms with van der Waals surface area (Å²) in [4.78, 5) is 0. The molecule has 5 heteroatoms. The van der Waals surface area contributed by atoms with Crippen molar-refractivity contribution in [3.8, 4) is 23.0 Å². The van der Waals surface area contributed by atoms with Gasteiger partial charge in [0.25, 0.3) is 0 Å². The van der Waals surface area contributed by atoms with Crippen LogP contribution in [0.3, 0.4) is 0 Å². The van der Waals surface area contributed by atoms with Gasteiger partial charge in [-0.15, -0.1) is 0 Å². The lowest BCUT2D eigenvalue weighted by atomic mass is 9.81. The maximum absolute atomic E-state index is 10.1. The first-order valence-electron chi connectivity index (χ1n) is 8.73. The molecule has 0 aromatic heterocycles. The molecule has 0 spiro atoms.